The molecule has 0 fully saturated rings. The molecule has 0 aliphatic heterocycles. The standard InChI is InChI=1S/C37H22N2/c1-4-12-27-23(9-1)17-19-30-36(27)32-22-25(18-20-34(32)39-35-16-8-7-15-33(35)38-37(30)39)31-21-24-10-2-3-11-26(24)28-13-5-6-14-29(28)31/h1-22H. The Bertz CT molecular complexity index is 2450. The third kappa shape index (κ3) is 2.83. The number of aromatic nitrogens is 2. The first kappa shape index (κ1) is 20.8. The number of rotatable bonds is 1. The Kier molecular flexibility index (Phi) is 4.08. The Balaban J connectivity index is 1.49. The molecule has 0 radical (unpaired) electrons. The summed E-state index contributed by atoms with van der Waals surface area (Å²) in [5.74, 6) is 0. The van der Waals surface area contributed by atoms with Crippen molar-refractivity contribution in [1.29, 1.82) is 0 Å². The highest BCUT2D eigenvalue weighted by Crippen LogP contribution is 2.40. The van der Waals surface area contributed by atoms with E-state index in [2.05, 4.69) is 138 Å². The topological polar surface area (TPSA) is 17.3 Å². The molecule has 39 heavy (non-hydrogen) atoms. The first-order valence-electron chi connectivity index (χ1n) is 13.4. The van der Waals surface area contributed by atoms with Crippen LogP contribution in [0.4, 0.5) is 0 Å². The van der Waals surface area contributed by atoms with E-state index >= 15 is 0 Å². The molecule has 0 N–H and O–H groups in total. The van der Waals surface area contributed by atoms with Gasteiger partial charge in [-0.2, -0.15) is 0 Å². The van der Waals surface area contributed by atoms with Gasteiger partial charge in [-0.1, -0.05) is 97.1 Å². The van der Waals surface area contributed by atoms with E-state index < -0.39 is 0 Å². The predicted molar refractivity (Wildman–Crippen MR) is 166 cm³/mol. The first-order valence-corrected chi connectivity index (χ1v) is 13.4. The van der Waals surface area contributed by atoms with Gasteiger partial charge in [-0.05, 0) is 79.8 Å². The number of hydrogen-bond acceptors (Lipinski definition) is 1. The van der Waals surface area contributed by atoms with Gasteiger partial charge in [0.05, 0.1) is 16.6 Å². The molecular formula is C37H22N2. The zero-order chi connectivity index (χ0) is 25.5. The van der Waals surface area contributed by atoms with E-state index in [0.29, 0.717) is 0 Å². The fraction of sp³-hybridized carbons (Fsp3) is 0. The molecule has 0 atom stereocenters. The van der Waals surface area contributed by atoms with Crippen molar-refractivity contribution in [3.05, 3.63) is 133 Å². The van der Waals surface area contributed by atoms with E-state index in [4.69, 9.17) is 4.98 Å². The molecule has 2 aromatic heterocycles. The van der Waals surface area contributed by atoms with Gasteiger partial charge in [-0.15, -0.1) is 0 Å². The molecule has 2 heteroatoms. The second-order valence-corrected chi connectivity index (χ2v) is 10.4. The second kappa shape index (κ2) is 7.66. The normalized spacial score (nSPS) is 12.1. The number of hydrogen-bond donors (Lipinski definition) is 0. The Hall–Kier alpha value is -5.21. The Morgan fingerprint density at radius 2 is 1.15 bits per heavy atom. The zero-order valence-electron chi connectivity index (χ0n) is 21.1. The molecule has 0 amide bonds. The average Bonchev–Trinajstić information content (AvgIpc) is 3.40. The molecule has 0 saturated carbocycles. The maximum absolute atomic E-state index is 5.12. The van der Waals surface area contributed by atoms with Crippen molar-refractivity contribution in [3.8, 4) is 11.1 Å². The third-order valence-electron chi connectivity index (χ3n) is 8.32. The van der Waals surface area contributed by atoms with E-state index in [1.54, 1.807) is 0 Å². The monoisotopic (exact) mass is 494 g/mol. The lowest BCUT2D eigenvalue weighted by Gasteiger charge is -2.15. The van der Waals surface area contributed by atoms with Crippen molar-refractivity contribution in [2.45, 2.75) is 0 Å². The minimum atomic E-state index is 1.01. The number of pyridine rings is 1. The smallest absolute Gasteiger partial charge is 0.146 e. The lowest BCUT2D eigenvalue weighted by molar-refractivity contribution is 1.32. The van der Waals surface area contributed by atoms with Crippen molar-refractivity contribution >= 4 is 70.7 Å². The molecule has 0 aliphatic rings. The van der Waals surface area contributed by atoms with E-state index in [1.807, 2.05) is 0 Å². The Labute approximate surface area is 224 Å². The van der Waals surface area contributed by atoms with Crippen LogP contribution in [0.25, 0.3) is 81.8 Å². The van der Waals surface area contributed by atoms with Crippen LogP contribution >= 0.6 is 0 Å². The molecular weight excluding hydrogens is 472 g/mol. The molecule has 0 unspecified atom stereocenters. The lowest BCUT2D eigenvalue weighted by Crippen LogP contribution is -1.93. The van der Waals surface area contributed by atoms with Gasteiger partial charge in [0.15, 0.2) is 0 Å². The molecule has 0 bridgehead atoms. The molecule has 2 nitrogen and oxygen atoms in total. The summed E-state index contributed by atoms with van der Waals surface area (Å²) >= 11 is 0. The highest BCUT2D eigenvalue weighted by Gasteiger charge is 2.17. The molecule has 0 saturated heterocycles. The van der Waals surface area contributed by atoms with Crippen LogP contribution in [0.2, 0.25) is 0 Å². The van der Waals surface area contributed by atoms with Gasteiger partial charge in [0.25, 0.3) is 0 Å². The SMILES string of the molecule is c1ccc2c(c1)cc(-c1ccc3c(c1)c1c4ccccc4ccc1c1nc4ccccc4n31)c1ccccc12. The van der Waals surface area contributed by atoms with Crippen LogP contribution < -0.4 is 0 Å². The number of benzene rings is 7. The third-order valence-corrected chi connectivity index (χ3v) is 8.32. The predicted octanol–water partition coefficient (Wildman–Crippen LogP) is 9.92. The maximum Gasteiger partial charge on any atom is 0.146 e. The lowest BCUT2D eigenvalue weighted by atomic mass is 9.91. The summed E-state index contributed by atoms with van der Waals surface area (Å²) in [6, 6.07) is 48.4. The molecule has 9 aromatic rings. The van der Waals surface area contributed by atoms with E-state index in [0.717, 1.165) is 16.7 Å². The van der Waals surface area contributed by atoms with Gasteiger partial charge in [0.1, 0.15) is 5.65 Å². The van der Waals surface area contributed by atoms with Crippen molar-refractivity contribution in [1.82, 2.24) is 9.38 Å². The molecule has 2 heterocycles. The van der Waals surface area contributed by atoms with Gasteiger partial charge in [0, 0.05) is 16.2 Å². The van der Waals surface area contributed by atoms with Crippen LogP contribution in [0, 0.1) is 0 Å². The highest BCUT2D eigenvalue weighted by molar-refractivity contribution is 6.25. The molecule has 7 aromatic carbocycles. The fourth-order valence-corrected chi connectivity index (χ4v) is 6.59. The maximum atomic E-state index is 5.12. The number of imidazole rings is 1. The van der Waals surface area contributed by atoms with Gasteiger partial charge < -0.3 is 0 Å². The summed E-state index contributed by atoms with van der Waals surface area (Å²) in [6.07, 6.45) is 0. The van der Waals surface area contributed by atoms with Crippen molar-refractivity contribution in [3.63, 3.8) is 0 Å². The Morgan fingerprint density at radius 3 is 2.05 bits per heavy atom. The number of fused-ring (bicyclic) bond motifs is 13. The summed E-state index contributed by atoms with van der Waals surface area (Å²) in [5.41, 5.74) is 6.82. The molecule has 0 aliphatic carbocycles. The minimum Gasteiger partial charge on any atom is -0.292 e. The van der Waals surface area contributed by atoms with Crippen LogP contribution in [0.15, 0.2) is 133 Å². The molecule has 9 rings (SSSR count). The second-order valence-electron chi connectivity index (χ2n) is 10.4. The summed E-state index contributed by atoms with van der Waals surface area (Å²) in [5, 5.41) is 11.3. The van der Waals surface area contributed by atoms with Gasteiger partial charge in [-0.25, -0.2) is 4.98 Å². The van der Waals surface area contributed by atoms with E-state index in [-0.39, 0.29) is 0 Å². The van der Waals surface area contributed by atoms with Gasteiger partial charge in [-0.3, -0.25) is 4.40 Å². The fourth-order valence-electron chi connectivity index (χ4n) is 6.59. The van der Waals surface area contributed by atoms with Gasteiger partial charge in [0.2, 0.25) is 0 Å². The zero-order valence-corrected chi connectivity index (χ0v) is 21.1. The van der Waals surface area contributed by atoms with E-state index in [9.17, 15) is 0 Å². The molecule has 0 spiro atoms. The molecule has 180 valence electrons. The quantitative estimate of drug-likeness (QED) is 0.208. The Morgan fingerprint density at radius 1 is 0.436 bits per heavy atom. The van der Waals surface area contributed by atoms with Crippen molar-refractivity contribution < 1.29 is 0 Å². The summed E-state index contributed by atoms with van der Waals surface area (Å²) < 4.78 is 2.34. The summed E-state index contributed by atoms with van der Waals surface area (Å²) in [6.45, 7) is 0. The van der Waals surface area contributed by atoms with Crippen molar-refractivity contribution in [2.24, 2.45) is 0 Å². The highest BCUT2D eigenvalue weighted by atomic mass is 15.0. The van der Waals surface area contributed by atoms with Crippen molar-refractivity contribution in [2.75, 3.05) is 0 Å². The minimum absolute atomic E-state index is 1.01. The summed E-state index contributed by atoms with van der Waals surface area (Å²) in [4.78, 5) is 5.12. The number of nitrogens with zero attached hydrogens (tertiary/aromatic N) is 2. The van der Waals surface area contributed by atoms with Crippen LogP contribution in [0.1, 0.15) is 0 Å². The van der Waals surface area contributed by atoms with E-state index in [1.165, 1.54) is 65.1 Å². The van der Waals surface area contributed by atoms with Crippen LogP contribution in [0.5, 0.6) is 0 Å². The first-order chi connectivity index (χ1) is 19.3. The van der Waals surface area contributed by atoms with Gasteiger partial charge >= 0.3 is 0 Å². The number of para-hydroxylation sites is 2. The van der Waals surface area contributed by atoms with Crippen LogP contribution in [0.3, 0.4) is 0 Å². The van der Waals surface area contributed by atoms with Crippen LogP contribution in [-0.4, -0.2) is 9.38 Å². The van der Waals surface area contributed by atoms with Crippen LogP contribution in [-0.2, 0) is 0 Å². The largest absolute Gasteiger partial charge is 0.292 e. The summed E-state index contributed by atoms with van der Waals surface area (Å²) in [7, 11) is 0. The average molecular weight is 495 g/mol.